The lowest BCUT2D eigenvalue weighted by atomic mass is 10.3. The van der Waals surface area contributed by atoms with Crippen LogP contribution in [-0.4, -0.2) is 10.9 Å². The van der Waals surface area contributed by atoms with Crippen LogP contribution in [0, 0.1) is 7.14 Å². The molecule has 0 saturated carbocycles. The van der Waals surface area contributed by atoms with E-state index in [4.69, 9.17) is 5.84 Å². The molecule has 0 unspecified atom stereocenters. The molecule has 0 aliphatic heterocycles. The third-order valence-electron chi connectivity index (χ3n) is 1.15. The van der Waals surface area contributed by atoms with Gasteiger partial charge in [-0.3, -0.25) is 10.2 Å². The Morgan fingerprint density at radius 1 is 1.58 bits per heavy atom. The van der Waals surface area contributed by atoms with Crippen molar-refractivity contribution in [3.8, 4) is 0 Å². The van der Waals surface area contributed by atoms with Crippen LogP contribution >= 0.6 is 45.2 Å². The van der Waals surface area contributed by atoms with Crippen LogP contribution in [0.2, 0.25) is 0 Å². The minimum atomic E-state index is -0.365. The zero-order valence-corrected chi connectivity index (χ0v) is 10.2. The van der Waals surface area contributed by atoms with Gasteiger partial charge in [0.15, 0.2) is 0 Å². The molecule has 0 spiro atoms. The molecule has 0 radical (unpaired) electrons. The van der Waals surface area contributed by atoms with E-state index in [1.165, 1.54) is 0 Å². The summed E-state index contributed by atoms with van der Waals surface area (Å²) in [7, 11) is 0. The maximum absolute atomic E-state index is 11.0. The largest absolute Gasteiger partial charge is 0.289 e. The van der Waals surface area contributed by atoms with Gasteiger partial charge in [0.1, 0.15) is 5.69 Å². The molecule has 1 rings (SSSR count). The van der Waals surface area contributed by atoms with Crippen molar-refractivity contribution in [3.63, 3.8) is 0 Å². The van der Waals surface area contributed by atoms with Crippen molar-refractivity contribution in [3.05, 3.63) is 25.1 Å². The highest BCUT2D eigenvalue weighted by atomic mass is 127. The fourth-order valence-corrected chi connectivity index (χ4v) is 2.42. The predicted molar refractivity (Wildman–Crippen MR) is 61.3 cm³/mol. The minimum Gasteiger partial charge on any atom is -0.289 e. The van der Waals surface area contributed by atoms with Crippen molar-refractivity contribution < 1.29 is 4.79 Å². The summed E-state index contributed by atoms with van der Waals surface area (Å²) < 4.78 is 1.79. The number of carbonyl (C=O) groups is 1. The van der Waals surface area contributed by atoms with E-state index >= 15 is 0 Å². The Bertz CT molecular complexity index is 316. The van der Waals surface area contributed by atoms with Crippen molar-refractivity contribution >= 4 is 51.1 Å². The molecule has 1 amide bonds. The van der Waals surface area contributed by atoms with Gasteiger partial charge < -0.3 is 0 Å². The number of amides is 1. The first-order valence-corrected chi connectivity index (χ1v) is 5.13. The van der Waals surface area contributed by atoms with E-state index in [1.807, 2.05) is 34.1 Å². The van der Waals surface area contributed by atoms with Crippen LogP contribution in [0.5, 0.6) is 0 Å². The third-order valence-corrected chi connectivity index (χ3v) is 2.57. The highest BCUT2D eigenvalue weighted by Crippen LogP contribution is 2.12. The molecular weight excluding hydrogens is 384 g/mol. The normalized spacial score (nSPS) is 9.58. The Morgan fingerprint density at radius 2 is 2.25 bits per heavy atom. The van der Waals surface area contributed by atoms with Crippen LogP contribution in [0.1, 0.15) is 10.5 Å². The summed E-state index contributed by atoms with van der Waals surface area (Å²) in [6, 6.07) is 1.86. The summed E-state index contributed by atoms with van der Waals surface area (Å²) >= 11 is 4.17. The molecule has 0 aliphatic carbocycles. The number of nitrogens with zero attached hydrogens (tertiary/aromatic N) is 1. The number of nitrogen functional groups attached to an aromatic ring is 1. The van der Waals surface area contributed by atoms with E-state index in [1.54, 1.807) is 6.20 Å². The first kappa shape index (κ1) is 10.1. The Balaban J connectivity index is 3.09. The lowest BCUT2D eigenvalue weighted by molar-refractivity contribution is 0.0947. The van der Waals surface area contributed by atoms with Gasteiger partial charge >= 0.3 is 0 Å². The Labute approximate surface area is 96.6 Å². The number of carbonyl (C=O) groups excluding carboxylic acids is 1. The van der Waals surface area contributed by atoms with E-state index in [9.17, 15) is 4.79 Å². The Hall–Kier alpha value is 0.0400. The third kappa shape index (κ3) is 2.26. The zero-order chi connectivity index (χ0) is 9.14. The average molecular weight is 389 g/mol. The highest BCUT2D eigenvalue weighted by molar-refractivity contribution is 14.1. The van der Waals surface area contributed by atoms with Gasteiger partial charge in [0, 0.05) is 13.3 Å². The van der Waals surface area contributed by atoms with Crippen LogP contribution in [0.25, 0.3) is 0 Å². The molecule has 1 heterocycles. The molecule has 0 saturated heterocycles. The Kier molecular flexibility index (Phi) is 3.65. The number of hydrazine groups is 1. The summed E-state index contributed by atoms with van der Waals surface area (Å²) in [6.07, 6.45) is 1.62. The number of nitrogens with one attached hydrogen (secondary N) is 1. The molecular formula is C6H5I2N3O. The Morgan fingerprint density at radius 3 is 2.75 bits per heavy atom. The number of aromatic nitrogens is 1. The quantitative estimate of drug-likeness (QED) is 0.325. The van der Waals surface area contributed by atoms with E-state index in [2.05, 4.69) is 27.6 Å². The number of rotatable bonds is 1. The molecule has 1 aromatic rings. The van der Waals surface area contributed by atoms with Crippen molar-refractivity contribution in [2.75, 3.05) is 0 Å². The summed E-state index contributed by atoms with van der Waals surface area (Å²) in [6.45, 7) is 0. The van der Waals surface area contributed by atoms with Gasteiger partial charge in [0.25, 0.3) is 5.91 Å². The molecule has 0 fully saturated rings. The standard InChI is InChI=1S/C6H5I2N3O/c7-3-1-4(8)5(10-2-3)6(12)11-9/h1-2H,9H2,(H,11,12). The summed E-state index contributed by atoms with van der Waals surface area (Å²) in [5.74, 6) is 4.60. The van der Waals surface area contributed by atoms with Crippen molar-refractivity contribution in [1.82, 2.24) is 10.4 Å². The molecule has 0 bridgehead atoms. The zero-order valence-electron chi connectivity index (χ0n) is 5.84. The summed E-state index contributed by atoms with van der Waals surface area (Å²) in [5.41, 5.74) is 2.39. The van der Waals surface area contributed by atoms with Gasteiger partial charge in [-0.25, -0.2) is 10.8 Å². The molecule has 4 nitrogen and oxygen atoms in total. The molecule has 1 aromatic heterocycles. The number of pyridine rings is 1. The van der Waals surface area contributed by atoms with E-state index in [0.29, 0.717) is 5.69 Å². The van der Waals surface area contributed by atoms with Gasteiger partial charge in [0.05, 0.1) is 0 Å². The smallest absolute Gasteiger partial charge is 0.284 e. The van der Waals surface area contributed by atoms with Crippen LogP contribution in [-0.2, 0) is 0 Å². The monoisotopic (exact) mass is 389 g/mol. The molecule has 0 aromatic carbocycles. The second-order valence-electron chi connectivity index (χ2n) is 1.96. The first-order chi connectivity index (χ1) is 5.65. The van der Waals surface area contributed by atoms with E-state index in [0.717, 1.165) is 7.14 Å². The maximum atomic E-state index is 11.0. The van der Waals surface area contributed by atoms with Gasteiger partial charge in [-0.1, -0.05) is 0 Å². The maximum Gasteiger partial charge on any atom is 0.284 e. The lowest BCUT2D eigenvalue weighted by Gasteiger charge is -2.00. The van der Waals surface area contributed by atoms with Crippen LogP contribution in [0.3, 0.4) is 0 Å². The molecule has 6 heteroatoms. The topological polar surface area (TPSA) is 68.0 Å². The average Bonchev–Trinajstić information content (AvgIpc) is 2.03. The number of nitrogens with two attached hydrogens (primary N) is 1. The molecule has 3 N–H and O–H groups in total. The predicted octanol–water partition coefficient (Wildman–Crippen LogP) is 0.894. The molecule has 0 aliphatic rings. The van der Waals surface area contributed by atoms with Crippen molar-refractivity contribution in [2.24, 2.45) is 5.84 Å². The minimum absolute atomic E-state index is 0.360. The SMILES string of the molecule is NNC(=O)c1ncc(I)cc1I. The molecule has 12 heavy (non-hydrogen) atoms. The fraction of sp³-hybridized carbons (Fsp3) is 0. The van der Waals surface area contributed by atoms with Gasteiger partial charge in [0.2, 0.25) is 0 Å². The van der Waals surface area contributed by atoms with E-state index < -0.39 is 0 Å². The first-order valence-electron chi connectivity index (χ1n) is 2.97. The fourth-order valence-electron chi connectivity index (χ4n) is 0.650. The van der Waals surface area contributed by atoms with Crippen LogP contribution in [0.15, 0.2) is 12.3 Å². The van der Waals surface area contributed by atoms with Gasteiger partial charge in [-0.05, 0) is 51.2 Å². The highest BCUT2D eigenvalue weighted by Gasteiger charge is 2.09. The molecule has 0 atom stereocenters. The number of hydrogen-bond donors (Lipinski definition) is 2. The van der Waals surface area contributed by atoms with Crippen LogP contribution < -0.4 is 11.3 Å². The van der Waals surface area contributed by atoms with Crippen LogP contribution in [0.4, 0.5) is 0 Å². The number of halogens is 2. The van der Waals surface area contributed by atoms with Crippen molar-refractivity contribution in [1.29, 1.82) is 0 Å². The second kappa shape index (κ2) is 4.33. The second-order valence-corrected chi connectivity index (χ2v) is 4.37. The van der Waals surface area contributed by atoms with Crippen molar-refractivity contribution in [2.45, 2.75) is 0 Å². The van der Waals surface area contributed by atoms with Gasteiger partial charge in [-0.15, -0.1) is 0 Å². The molecule has 64 valence electrons. The summed E-state index contributed by atoms with van der Waals surface area (Å²) in [4.78, 5) is 15.0. The summed E-state index contributed by atoms with van der Waals surface area (Å²) in [5, 5.41) is 0. The lowest BCUT2D eigenvalue weighted by Crippen LogP contribution is -2.31. The number of hydrogen-bond acceptors (Lipinski definition) is 3. The van der Waals surface area contributed by atoms with E-state index in [-0.39, 0.29) is 5.91 Å². The van der Waals surface area contributed by atoms with Gasteiger partial charge in [-0.2, -0.15) is 0 Å².